The van der Waals surface area contributed by atoms with Crippen LogP contribution in [-0.4, -0.2) is 24.5 Å². The molecule has 0 atom stereocenters. The first kappa shape index (κ1) is 12.9. The minimum Gasteiger partial charge on any atom is -0.507 e. The van der Waals surface area contributed by atoms with E-state index in [2.05, 4.69) is 5.32 Å². The number of hydrogen-bond acceptors (Lipinski definition) is 3. The number of ketones is 1. The predicted octanol–water partition coefficient (Wildman–Crippen LogP) is 1.61. The first-order valence-electron chi connectivity index (χ1n) is 4.21. The molecular weight excluding hydrogens is 202 g/mol. The molecule has 4 heteroatoms. The molecule has 0 bridgehead atoms. The van der Waals surface area contributed by atoms with Crippen molar-refractivity contribution < 1.29 is 9.90 Å². The van der Waals surface area contributed by atoms with E-state index >= 15 is 0 Å². The van der Waals surface area contributed by atoms with Gasteiger partial charge < -0.3 is 10.4 Å². The number of hydrogen-bond donors (Lipinski definition) is 2. The molecule has 0 fully saturated rings. The number of aromatic hydroxyl groups is 1. The molecule has 2 N–H and O–H groups in total. The molecule has 0 radical (unpaired) electrons. The van der Waals surface area contributed by atoms with Crippen LogP contribution >= 0.6 is 12.4 Å². The van der Waals surface area contributed by atoms with Gasteiger partial charge in [-0.15, -0.1) is 12.4 Å². The Kier molecular flexibility index (Phi) is 5.92. The van der Waals surface area contributed by atoms with Crippen molar-refractivity contribution in [2.24, 2.45) is 0 Å². The molecule has 3 nitrogen and oxygen atoms in total. The zero-order valence-corrected chi connectivity index (χ0v) is 8.80. The molecule has 1 aromatic rings. The molecular formula is C10H14ClNO2. The van der Waals surface area contributed by atoms with E-state index in [4.69, 9.17) is 0 Å². The van der Waals surface area contributed by atoms with Crippen LogP contribution < -0.4 is 5.32 Å². The highest BCUT2D eigenvalue weighted by molar-refractivity contribution is 5.98. The fourth-order valence-corrected chi connectivity index (χ4v) is 1.08. The smallest absolute Gasteiger partial charge is 0.167 e. The summed E-state index contributed by atoms with van der Waals surface area (Å²) >= 11 is 0. The Labute approximate surface area is 89.5 Å². The predicted molar refractivity (Wildman–Crippen MR) is 58.2 cm³/mol. The van der Waals surface area contributed by atoms with Gasteiger partial charge in [-0.3, -0.25) is 4.79 Å². The summed E-state index contributed by atoms with van der Waals surface area (Å²) in [5.41, 5.74) is 0.401. The van der Waals surface area contributed by atoms with Crippen molar-refractivity contribution in [1.29, 1.82) is 0 Å². The van der Waals surface area contributed by atoms with Crippen molar-refractivity contribution in [3.8, 4) is 5.75 Å². The summed E-state index contributed by atoms with van der Waals surface area (Å²) in [6.45, 7) is 0.632. The van der Waals surface area contributed by atoms with E-state index in [0.717, 1.165) is 0 Å². The maximum atomic E-state index is 11.4. The van der Waals surface area contributed by atoms with Crippen LogP contribution in [0.5, 0.6) is 5.75 Å². The van der Waals surface area contributed by atoms with Crippen molar-refractivity contribution in [1.82, 2.24) is 5.32 Å². The molecule has 1 aromatic carbocycles. The highest BCUT2D eigenvalue weighted by Gasteiger charge is 2.08. The lowest BCUT2D eigenvalue weighted by Gasteiger charge is -2.02. The lowest BCUT2D eigenvalue weighted by Crippen LogP contribution is -2.13. The van der Waals surface area contributed by atoms with Gasteiger partial charge in [-0.2, -0.15) is 0 Å². The van der Waals surface area contributed by atoms with Crippen molar-refractivity contribution in [3.63, 3.8) is 0 Å². The van der Waals surface area contributed by atoms with Gasteiger partial charge in [0.1, 0.15) is 5.75 Å². The van der Waals surface area contributed by atoms with Crippen LogP contribution in [0.4, 0.5) is 0 Å². The van der Waals surface area contributed by atoms with Crippen molar-refractivity contribution in [2.45, 2.75) is 6.42 Å². The number of carbonyl (C=O) groups excluding carboxylic acids is 1. The summed E-state index contributed by atoms with van der Waals surface area (Å²) < 4.78 is 0. The number of phenols is 1. The van der Waals surface area contributed by atoms with Crippen LogP contribution in [0.1, 0.15) is 16.8 Å². The minimum absolute atomic E-state index is 0. The topological polar surface area (TPSA) is 49.3 Å². The van der Waals surface area contributed by atoms with Crippen LogP contribution in [0.3, 0.4) is 0 Å². The minimum atomic E-state index is -0.0348. The van der Waals surface area contributed by atoms with Crippen LogP contribution in [0.2, 0.25) is 0 Å². The van der Waals surface area contributed by atoms with Crippen LogP contribution in [-0.2, 0) is 0 Å². The molecule has 0 spiro atoms. The molecule has 0 aliphatic rings. The highest BCUT2D eigenvalue weighted by Crippen LogP contribution is 2.16. The molecule has 0 aliphatic carbocycles. The summed E-state index contributed by atoms with van der Waals surface area (Å²) in [6, 6.07) is 6.59. The van der Waals surface area contributed by atoms with E-state index in [1.54, 1.807) is 25.2 Å². The van der Waals surface area contributed by atoms with Gasteiger partial charge in [-0.05, 0) is 19.2 Å². The first-order chi connectivity index (χ1) is 6.25. The molecule has 1 rings (SSSR count). The molecule has 14 heavy (non-hydrogen) atoms. The molecule has 0 unspecified atom stereocenters. The second-order valence-corrected chi connectivity index (χ2v) is 2.79. The fraction of sp³-hybridized carbons (Fsp3) is 0.300. The number of halogens is 1. The zero-order chi connectivity index (χ0) is 9.68. The number of rotatable bonds is 4. The number of Topliss-reactive ketones (excluding diaryl/α,β-unsaturated/α-hetero) is 1. The molecule has 78 valence electrons. The second-order valence-electron chi connectivity index (χ2n) is 2.79. The Bertz CT molecular complexity index is 302. The maximum absolute atomic E-state index is 11.4. The Morgan fingerprint density at radius 1 is 1.43 bits per heavy atom. The van der Waals surface area contributed by atoms with E-state index in [-0.39, 0.29) is 23.9 Å². The maximum Gasteiger partial charge on any atom is 0.167 e. The average molecular weight is 216 g/mol. The monoisotopic (exact) mass is 215 g/mol. The third-order valence-corrected chi connectivity index (χ3v) is 1.81. The van der Waals surface area contributed by atoms with Crippen LogP contribution in [0.25, 0.3) is 0 Å². The van der Waals surface area contributed by atoms with E-state index in [9.17, 15) is 9.90 Å². The Balaban J connectivity index is 0.00000169. The fourth-order valence-electron chi connectivity index (χ4n) is 1.08. The summed E-state index contributed by atoms with van der Waals surface area (Å²) in [5, 5.41) is 12.2. The highest BCUT2D eigenvalue weighted by atomic mass is 35.5. The van der Waals surface area contributed by atoms with Gasteiger partial charge in [-0.25, -0.2) is 0 Å². The molecule has 0 aliphatic heterocycles. The van der Waals surface area contributed by atoms with Gasteiger partial charge in [0.15, 0.2) is 5.78 Å². The SMILES string of the molecule is CNCCC(=O)c1ccccc1O.Cl. The van der Waals surface area contributed by atoms with E-state index in [1.165, 1.54) is 6.07 Å². The van der Waals surface area contributed by atoms with Crippen molar-refractivity contribution in [2.75, 3.05) is 13.6 Å². The summed E-state index contributed by atoms with van der Waals surface area (Å²) in [4.78, 5) is 11.4. The Hall–Kier alpha value is -1.06. The first-order valence-corrected chi connectivity index (χ1v) is 4.21. The van der Waals surface area contributed by atoms with Gasteiger partial charge in [0, 0.05) is 13.0 Å². The number of phenolic OH excluding ortho intramolecular Hbond substituents is 1. The summed E-state index contributed by atoms with van der Waals surface area (Å²) in [5.74, 6) is 0.0241. The summed E-state index contributed by atoms with van der Waals surface area (Å²) in [7, 11) is 1.79. The largest absolute Gasteiger partial charge is 0.507 e. The van der Waals surface area contributed by atoms with Gasteiger partial charge in [0.25, 0.3) is 0 Å². The normalized spacial score (nSPS) is 9.21. The molecule has 0 saturated carbocycles. The number of carbonyl (C=O) groups is 1. The lowest BCUT2D eigenvalue weighted by atomic mass is 10.1. The standard InChI is InChI=1S/C10H13NO2.ClH/c1-11-7-6-10(13)8-4-2-3-5-9(8)12;/h2-5,11-12H,6-7H2,1H3;1H. The lowest BCUT2D eigenvalue weighted by molar-refractivity contribution is 0.0980. The van der Waals surface area contributed by atoms with Gasteiger partial charge in [0.2, 0.25) is 0 Å². The van der Waals surface area contributed by atoms with Crippen LogP contribution in [0, 0.1) is 0 Å². The van der Waals surface area contributed by atoms with Gasteiger partial charge in [-0.1, -0.05) is 12.1 Å². The Morgan fingerprint density at radius 2 is 2.07 bits per heavy atom. The van der Waals surface area contributed by atoms with E-state index in [1.807, 2.05) is 0 Å². The van der Waals surface area contributed by atoms with Gasteiger partial charge in [0.05, 0.1) is 5.56 Å². The Morgan fingerprint density at radius 3 is 2.64 bits per heavy atom. The van der Waals surface area contributed by atoms with Crippen LogP contribution in [0.15, 0.2) is 24.3 Å². The third kappa shape index (κ3) is 3.36. The second kappa shape index (κ2) is 6.40. The summed E-state index contributed by atoms with van der Waals surface area (Å²) in [6.07, 6.45) is 0.411. The molecule has 0 saturated heterocycles. The number of para-hydroxylation sites is 1. The number of nitrogens with one attached hydrogen (secondary N) is 1. The quantitative estimate of drug-likeness (QED) is 0.751. The van der Waals surface area contributed by atoms with E-state index < -0.39 is 0 Å². The van der Waals surface area contributed by atoms with Crippen molar-refractivity contribution in [3.05, 3.63) is 29.8 Å². The van der Waals surface area contributed by atoms with E-state index in [0.29, 0.717) is 18.5 Å². The van der Waals surface area contributed by atoms with Gasteiger partial charge >= 0.3 is 0 Å². The van der Waals surface area contributed by atoms with Crippen molar-refractivity contribution >= 4 is 18.2 Å². The molecule has 0 aromatic heterocycles. The zero-order valence-electron chi connectivity index (χ0n) is 7.99. The number of benzene rings is 1. The third-order valence-electron chi connectivity index (χ3n) is 1.81. The molecule has 0 heterocycles. The molecule has 0 amide bonds. The average Bonchev–Trinajstić information content (AvgIpc) is 2.15.